The SMILES string of the molecule is C.Nc1ncc[nH]1. The van der Waals surface area contributed by atoms with Gasteiger partial charge < -0.3 is 10.7 Å². The third-order valence-electron chi connectivity index (χ3n) is 0.519. The predicted octanol–water partition coefficient (Wildman–Crippen LogP) is 0.628. The zero-order valence-electron chi connectivity index (χ0n) is 3.18. The van der Waals surface area contributed by atoms with Crippen LogP contribution in [-0.4, -0.2) is 9.97 Å². The first kappa shape index (κ1) is 6.01. The second kappa shape index (κ2) is 2.23. The van der Waals surface area contributed by atoms with E-state index >= 15 is 0 Å². The average Bonchev–Trinajstić information content (AvgIpc) is 1.86. The Morgan fingerprint density at radius 3 is 2.57 bits per heavy atom. The van der Waals surface area contributed by atoms with Gasteiger partial charge in [0, 0.05) is 12.4 Å². The van der Waals surface area contributed by atoms with E-state index in [9.17, 15) is 0 Å². The van der Waals surface area contributed by atoms with Gasteiger partial charge in [-0.2, -0.15) is 0 Å². The van der Waals surface area contributed by atoms with Gasteiger partial charge in [0.15, 0.2) is 5.95 Å². The number of nitrogens with two attached hydrogens (primary N) is 1. The number of nitrogens with zero attached hydrogens (tertiary/aromatic N) is 1. The zero-order valence-corrected chi connectivity index (χ0v) is 3.18. The number of nitrogen functional groups attached to an aromatic ring is 1. The molecule has 1 aromatic rings. The zero-order chi connectivity index (χ0) is 4.41. The maximum absolute atomic E-state index is 5.11. The van der Waals surface area contributed by atoms with Crippen molar-refractivity contribution in [3.63, 3.8) is 0 Å². The molecule has 40 valence electrons. The molecule has 0 saturated heterocycles. The first-order valence-electron chi connectivity index (χ1n) is 1.64. The molecule has 0 unspecified atom stereocenters. The van der Waals surface area contributed by atoms with Crippen molar-refractivity contribution in [1.29, 1.82) is 0 Å². The largest absolute Gasteiger partial charge is 0.369 e. The summed E-state index contributed by atoms with van der Waals surface area (Å²) in [5.41, 5.74) is 5.11. The van der Waals surface area contributed by atoms with Crippen molar-refractivity contribution >= 4 is 5.95 Å². The molecule has 0 aliphatic rings. The summed E-state index contributed by atoms with van der Waals surface area (Å²) in [4.78, 5) is 6.31. The van der Waals surface area contributed by atoms with Gasteiger partial charge in [-0.1, -0.05) is 7.43 Å². The fraction of sp³-hybridized carbons (Fsp3) is 0.250. The summed E-state index contributed by atoms with van der Waals surface area (Å²) in [7, 11) is 0. The Labute approximate surface area is 42.6 Å². The molecular formula is C4H9N3. The van der Waals surface area contributed by atoms with E-state index in [0.717, 1.165) is 0 Å². The summed E-state index contributed by atoms with van der Waals surface area (Å²) >= 11 is 0. The Morgan fingerprint density at radius 2 is 2.43 bits per heavy atom. The molecule has 0 aliphatic carbocycles. The smallest absolute Gasteiger partial charge is 0.197 e. The number of rotatable bonds is 0. The van der Waals surface area contributed by atoms with Crippen LogP contribution in [-0.2, 0) is 0 Å². The Kier molecular flexibility index (Phi) is 1.91. The lowest BCUT2D eigenvalue weighted by molar-refractivity contribution is 1.33. The third-order valence-corrected chi connectivity index (χ3v) is 0.519. The van der Waals surface area contributed by atoms with Crippen LogP contribution in [0.4, 0.5) is 5.95 Å². The highest BCUT2D eigenvalue weighted by Gasteiger charge is 1.74. The lowest BCUT2D eigenvalue weighted by Gasteiger charge is -1.70. The van der Waals surface area contributed by atoms with E-state index in [1.54, 1.807) is 12.4 Å². The maximum Gasteiger partial charge on any atom is 0.197 e. The van der Waals surface area contributed by atoms with Gasteiger partial charge in [0.1, 0.15) is 0 Å². The highest BCUT2D eigenvalue weighted by Crippen LogP contribution is 1.81. The Morgan fingerprint density at radius 1 is 1.71 bits per heavy atom. The number of H-pyrrole nitrogens is 1. The van der Waals surface area contributed by atoms with E-state index < -0.39 is 0 Å². The van der Waals surface area contributed by atoms with Crippen LogP contribution in [0.25, 0.3) is 0 Å². The van der Waals surface area contributed by atoms with Crippen molar-refractivity contribution in [2.24, 2.45) is 0 Å². The van der Waals surface area contributed by atoms with Crippen molar-refractivity contribution < 1.29 is 0 Å². The summed E-state index contributed by atoms with van der Waals surface area (Å²) in [5.74, 6) is 0.468. The Bertz CT molecular complexity index is 110. The van der Waals surface area contributed by atoms with Crippen molar-refractivity contribution in [3.05, 3.63) is 12.4 Å². The molecule has 0 bridgehead atoms. The molecule has 0 aliphatic heterocycles. The van der Waals surface area contributed by atoms with E-state index in [1.165, 1.54) is 0 Å². The third kappa shape index (κ3) is 1.26. The van der Waals surface area contributed by atoms with Crippen molar-refractivity contribution in [1.82, 2.24) is 9.97 Å². The molecule has 1 aromatic heterocycles. The summed E-state index contributed by atoms with van der Waals surface area (Å²) in [6.07, 6.45) is 3.28. The molecule has 1 heterocycles. The van der Waals surface area contributed by atoms with Gasteiger partial charge >= 0.3 is 0 Å². The summed E-state index contributed by atoms with van der Waals surface area (Å²) in [5, 5.41) is 0. The molecule has 0 radical (unpaired) electrons. The number of anilines is 1. The van der Waals surface area contributed by atoms with Gasteiger partial charge in [-0.05, 0) is 0 Å². The molecule has 0 saturated carbocycles. The average molecular weight is 99.1 g/mol. The number of hydrogen-bond acceptors (Lipinski definition) is 2. The van der Waals surface area contributed by atoms with Crippen molar-refractivity contribution in [3.8, 4) is 0 Å². The second-order valence-corrected chi connectivity index (χ2v) is 0.974. The van der Waals surface area contributed by atoms with Crippen molar-refractivity contribution in [2.45, 2.75) is 7.43 Å². The number of aromatic nitrogens is 2. The molecule has 0 amide bonds. The van der Waals surface area contributed by atoms with Gasteiger partial charge in [-0.15, -0.1) is 0 Å². The minimum atomic E-state index is 0. The van der Waals surface area contributed by atoms with Crippen molar-refractivity contribution in [2.75, 3.05) is 5.73 Å². The number of imidazole rings is 1. The molecule has 0 atom stereocenters. The van der Waals surface area contributed by atoms with E-state index in [4.69, 9.17) is 5.73 Å². The van der Waals surface area contributed by atoms with E-state index in [0.29, 0.717) is 5.95 Å². The maximum atomic E-state index is 5.11. The topological polar surface area (TPSA) is 54.7 Å². The van der Waals surface area contributed by atoms with Gasteiger partial charge in [0.25, 0.3) is 0 Å². The number of aromatic amines is 1. The second-order valence-electron chi connectivity index (χ2n) is 0.974. The van der Waals surface area contributed by atoms with Crippen LogP contribution in [0.15, 0.2) is 12.4 Å². The molecule has 3 N–H and O–H groups in total. The van der Waals surface area contributed by atoms with E-state index in [2.05, 4.69) is 9.97 Å². The normalized spacial score (nSPS) is 7.43. The number of nitrogens with one attached hydrogen (secondary N) is 1. The predicted molar refractivity (Wildman–Crippen MR) is 29.7 cm³/mol. The van der Waals surface area contributed by atoms with E-state index in [1.807, 2.05) is 0 Å². The van der Waals surface area contributed by atoms with Crippen LogP contribution >= 0.6 is 0 Å². The highest BCUT2D eigenvalue weighted by molar-refractivity contribution is 5.11. The van der Waals surface area contributed by atoms with E-state index in [-0.39, 0.29) is 7.43 Å². The summed E-state index contributed by atoms with van der Waals surface area (Å²) in [6, 6.07) is 0. The summed E-state index contributed by atoms with van der Waals surface area (Å²) < 4.78 is 0. The fourth-order valence-electron chi connectivity index (χ4n) is 0.277. The molecule has 0 aromatic carbocycles. The molecule has 0 spiro atoms. The lowest BCUT2D eigenvalue weighted by atomic mass is 11.0. The molecule has 7 heavy (non-hydrogen) atoms. The molecule has 3 nitrogen and oxygen atoms in total. The van der Waals surface area contributed by atoms with Crippen LogP contribution in [0.2, 0.25) is 0 Å². The first-order valence-corrected chi connectivity index (χ1v) is 1.64. The Hall–Kier alpha value is -0.990. The molecule has 1 rings (SSSR count). The van der Waals surface area contributed by atoms with Crippen LogP contribution in [0, 0.1) is 0 Å². The highest BCUT2D eigenvalue weighted by atomic mass is 15.0. The molecule has 0 fully saturated rings. The fourth-order valence-corrected chi connectivity index (χ4v) is 0.277. The number of hydrogen-bond donors (Lipinski definition) is 2. The molecular weight excluding hydrogens is 90.1 g/mol. The molecule has 3 heteroatoms. The van der Waals surface area contributed by atoms with Crippen LogP contribution < -0.4 is 5.73 Å². The van der Waals surface area contributed by atoms with Gasteiger partial charge in [0.2, 0.25) is 0 Å². The Balaban J connectivity index is 0.000000360. The van der Waals surface area contributed by atoms with Gasteiger partial charge in [0.05, 0.1) is 0 Å². The minimum absolute atomic E-state index is 0. The standard InChI is InChI=1S/C3H5N3.CH4/c4-3-5-1-2-6-3;/h1-2H,(H3,4,5,6);1H4. The summed E-state index contributed by atoms with van der Waals surface area (Å²) in [6.45, 7) is 0. The lowest BCUT2D eigenvalue weighted by Crippen LogP contribution is -1.83. The monoisotopic (exact) mass is 99.1 g/mol. The van der Waals surface area contributed by atoms with Crippen LogP contribution in [0.3, 0.4) is 0 Å². The first-order chi connectivity index (χ1) is 2.89. The quantitative estimate of drug-likeness (QED) is 0.501. The minimum Gasteiger partial charge on any atom is -0.369 e. The van der Waals surface area contributed by atoms with Crippen LogP contribution in [0.1, 0.15) is 7.43 Å². The van der Waals surface area contributed by atoms with Crippen LogP contribution in [0.5, 0.6) is 0 Å². The van der Waals surface area contributed by atoms with Gasteiger partial charge in [-0.25, -0.2) is 4.98 Å². The van der Waals surface area contributed by atoms with Gasteiger partial charge in [-0.3, -0.25) is 0 Å².